The third-order valence-corrected chi connectivity index (χ3v) is 3.02. The molecule has 3 heteroatoms. The summed E-state index contributed by atoms with van der Waals surface area (Å²) in [4.78, 5) is 1.14. The molecule has 14 heavy (non-hydrogen) atoms. The Bertz CT molecular complexity index is 332. The van der Waals surface area contributed by atoms with E-state index in [1.165, 1.54) is 0 Å². The summed E-state index contributed by atoms with van der Waals surface area (Å²) in [7, 11) is 1.65. The van der Waals surface area contributed by atoms with E-state index in [1.807, 2.05) is 31.2 Å². The van der Waals surface area contributed by atoms with Crippen LogP contribution < -0.4 is 4.74 Å². The molecule has 1 atom stereocenters. The zero-order chi connectivity index (χ0) is 10.4. The minimum absolute atomic E-state index is 0.0891. The average Bonchev–Trinajstić information content (AvgIpc) is 2.26. The van der Waals surface area contributed by atoms with Crippen molar-refractivity contribution in [1.29, 1.82) is 5.26 Å². The summed E-state index contributed by atoms with van der Waals surface area (Å²) in [6.07, 6.45) is 0. The van der Waals surface area contributed by atoms with Crippen molar-refractivity contribution in [1.82, 2.24) is 0 Å². The summed E-state index contributed by atoms with van der Waals surface area (Å²) in [5.74, 6) is 1.77. The minimum Gasteiger partial charge on any atom is -0.497 e. The summed E-state index contributed by atoms with van der Waals surface area (Å²) in [5.41, 5.74) is 0. The number of rotatable bonds is 4. The Kier molecular flexibility index (Phi) is 4.34. The molecule has 0 spiro atoms. The van der Waals surface area contributed by atoms with Gasteiger partial charge in [0, 0.05) is 10.6 Å². The molecule has 0 N–H and O–H groups in total. The van der Waals surface area contributed by atoms with E-state index >= 15 is 0 Å². The van der Waals surface area contributed by atoms with Crippen LogP contribution in [0.5, 0.6) is 5.75 Å². The summed E-state index contributed by atoms with van der Waals surface area (Å²) < 4.78 is 5.11. The minimum atomic E-state index is 0.0891. The zero-order valence-electron chi connectivity index (χ0n) is 8.36. The standard InChI is InChI=1S/C11H13NOS/c1-9(7-12)8-14-11-5-3-4-10(6-11)13-2/h3-6,9H,8H2,1-2H3. The van der Waals surface area contributed by atoms with Gasteiger partial charge < -0.3 is 4.74 Å². The van der Waals surface area contributed by atoms with Gasteiger partial charge in [0.2, 0.25) is 0 Å². The quantitative estimate of drug-likeness (QED) is 0.712. The predicted octanol–water partition coefficient (Wildman–Crippen LogP) is 2.95. The largest absolute Gasteiger partial charge is 0.497 e. The molecule has 0 fully saturated rings. The van der Waals surface area contributed by atoms with Crippen molar-refractivity contribution in [3.8, 4) is 11.8 Å². The summed E-state index contributed by atoms with van der Waals surface area (Å²) in [5, 5.41) is 8.63. The monoisotopic (exact) mass is 207 g/mol. The molecule has 1 aromatic carbocycles. The van der Waals surface area contributed by atoms with Gasteiger partial charge in [-0.1, -0.05) is 6.07 Å². The van der Waals surface area contributed by atoms with Crippen molar-refractivity contribution >= 4 is 11.8 Å². The van der Waals surface area contributed by atoms with Crippen LogP contribution in [-0.4, -0.2) is 12.9 Å². The lowest BCUT2D eigenvalue weighted by atomic mass is 10.3. The first-order chi connectivity index (χ1) is 6.76. The van der Waals surface area contributed by atoms with Crippen molar-refractivity contribution < 1.29 is 4.74 Å². The molecule has 2 nitrogen and oxygen atoms in total. The van der Waals surface area contributed by atoms with Gasteiger partial charge in [0.1, 0.15) is 5.75 Å². The molecule has 1 rings (SSSR count). The number of nitriles is 1. The lowest BCUT2D eigenvalue weighted by molar-refractivity contribution is 0.413. The fourth-order valence-corrected chi connectivity index (χ4v) is 1.84. The molecule has 0 heterocycles. The van der Waals surface area contributed by atoms with Crippen LogP contribution in [0.2, 0.25) is 0 Å². The van der Waals surface area contributed by atoms with Gasteiger partial charge in [-0.05, 0) is 25.1 Å². The van der Waals surface area contributed by atoms with Crippen LogP contribution in [0.1, 0.15) is 6.92 Å². The lowest BCUT2D eigenvalue weighted by Gasteiger charge is -2.04. The van der Waals surface area contributed by atoms with Gasteiger partial charge in [0.25, 0.3) is 0 Å². The molecular formula is C11H13NOS. The van der Waals surface area contributed by atoms with E-state index in [1.54, 1.807) is 18.9 Å². The molecule has 74 valence electrons. The Hall–Kier alpha value is -1.14. The van der Waals surface area contributed by atoms with Gasteiger partial charge in [-0.15, -0.1) is 11.8 Å². The van der Waals surface area contributed by atoms with Crippen molar-refractivity contribution in [2.75, 3.05) is 12.9 Å². The summed E-state index contributed by atoms with van der Waals surface area (Å²) in [6, 6.07) is 10.1. The molecule has 0 saturated heterocycles. The maximum Gasteiger partial charge on any atom is 0.119 e. The number of benzene rings is 1. The first kappa shape index (κ1) is 10.9. The van der Waals surface area contributed by atoms with E-state index in [2.05, 4.69) is 6.07 Å². The van der Waals surface area contributed by atoms with E-state index in [-0.39, 0.29) is 5.92 Å². The molecule has 0 saturated carbocycles. The molecule has 0 aliphatic rings. The zero-order valence-corrected chi connectivity index (χ0v) is 9.17. The van der Waals surface area contributed by atoms with Gasteiger partial charge in [-0.3, -0.25) is 0 Å². The van der Waals surface area contributed by atoms with Crippen molar-refractivity contribution in [3.63, 3.8) is 0 Å². The van der Waals surface area contributed by atoms with E-state index < -0.39 is 0 Å². The maximum absolute atomic E-state index is 8.63. The SMILES string of the molecule is COc1cccc(SCC(C)C#N)c1. The van der Waals surface area contributed by atoms with Crippen LogP contribution in [0.4, 0.5) is 0 Å². The molecule has 1 unspecified atom stereocenters. The van der Waals surface area contributed by atoms with Crippen molar-refractivity contribution in [3.05, 3.63) is 24.3 Å². The van der Waals surface area contributed by atoms with Crippen LogP contribution in [0.15, 0.2) is 29.2 Å². The topological polar surface area (TPSA) is 33.0 Å². The number of methoxy groups -OCH3 is 1. The Morgan fingerprint density at radius 1 is 1.57 bits per heavy atom. The fourth-order valence-electron chi connectivity index (χ4n) is 0.949. The Morgan fingerprint density at radius 3 is 3.00 bits per heavy atom. The van der Waals surface area contributed by atoms with Gasteiger partial charge in [0.15, 0.2) is 0 Å². The van der Waals surface area contributed by atoms with Crippen LogP contribution in [-0.2, 0) is 0 Å². The smallest absolute Gasteiger partial charge is 0.119 e. The van der Waals surface area contributed by atoms with Crippen LogP contribution >= 0.6 is 11.8 Å². The third-order valence-electron chi connectivity index (χ3n) is 1.76. The highest BCUT2D eigenvalue weighted by molar-refractivity contribution is 7.99. The van der Waals surface area contributed by atoms with Gasteiger partial charge >= 0.3 is 0 Å². The second-order valence-electron chi connectivity index (χ2n) is 3.02. The molecule has 0 aliphatic heterocycles. The Morgan fingerprint density at radius 2 is 2.36 bits per heavy atom. The second-order valence-corrected chi connectivity index (χ2v) is 4.11. The Labute approximate surface area is 88.9 Å². The molecule has 0 aliphatic carbocycles. The highest BCUT2D eigenvalue weighted by Gasteiger charge is 2.01. The van der Waals surface area contributed by atoms with Crippen molar-refractivity contribution in [2.24, 2.45) is 5.92 Å². The van der Waals surface area contributed by atoms with Gasteiger partial charge in [-0.2, -0.15) is 5.26 Å². The molecular weight excluding hydrogens is 194 g/mol. The molecule has 0 radical (unpaired) electrons. The maximum atomic E-state index is 8.63. The molecule has 0 amide bonds. The summed E-state index contributed by atoms with van der Waals surface area (Å²) in [6.45, 7) is 1.92. The van der Waals surface area contributed by atoms with Gasteiger partial charge in [0.05, 0.1) is 19.1 Å². The number of hydrogen-bond donors (Lipinski definition) is 0. The van der Waals surface area contributed by atoms with E-state index in [4.69, 9.17) is 10.00 Å². The lowest BCUT2D eigenvalue weighted by Crippen LogP contribution is -1.93. The van der Waals surface area contributed by atoms with E-state index in [0.29, 0.717) is 0 Å². The normalized spacial score (nSPS) is 11.8. The molecule has 0 bridgehead atoms. The highest BCUT2D eigenvalue weighted by atomic mass is 32.2. The van der Waals surface area contributed by atoms with Crippen LogP contribution in [0.3, 0.4) is 0 Å². The van der Waals surface area contributed by atoms with E-state index in [0.717, 1.165) is 16.4 Å². The summed E-state index contributed by atoms with van der Waals surface area (Å²) >= 11 is 1.68. The molecule has 1 aromatic rings. The van der Waals surface area contributed by atoms with Crippen LogP contribution in [0.25, 0.3) is 0 Å². The number of nitrogens with zero attached hydrogens (tertiary/aromatic N) is 1. The predicted molar refractivity (Wildman–Crippen MR) is 58.5 cm³/mol. The molecule has 0 aromatic heterocycles. The highest BCUT2D eigenvalue weighted by Crippen LogP contribution is 2.24. The first-order valence-electron chi connectivity index (χ1n) is 4.42. The number of thioether (sulfide) groups is 1. The number of ether oxygens (including phenoxy) is 1. The second kappa shape index (κ2) is 5.56. The average molecular weight is 207 g/mol. The first-order valence-corrected chi connectivity index (χ1v) is 5.41. The number of hydrogen-bond acceptors (Lipinski definition) is 3. The third kappa shape index (κ3) is 3.31. The van der Waals surface area contributed by atoms with Crippen LogP contribution in [0, 0.1) is 17.2 Å². The van der Waals surface area contributed by atoms with E-state index in [9.17, 15) is 0 Å². The Balaban J connectivity index is 2.55. The van der Waals surface area contributed by atoms with Crippen molar-refractivity contribution in [2.45, 2.75) is 11.8 Å². The fraction of sp³-hybridized carbons (Fsp3) is 0.364. The van der Waals surface area contributed by atoms with Gasteiger partial charge in [-0.25, -0.2) is 0 Å².